The van der Waals surface area contributed by atoms with E-state index in [1.807, 2.05) is 79.7 Å². The average molecular weight is 494 g/mol. The van der Waals surface area contributed by atoms with E-state index in [0.29, 0.717) is 17.0 Å². The molecule has 4 rings (SSSR count). The maximum atomic E-state index is 12.9. The first-order valence-corrected chi connectivity index (χ1v) is 10.9. The van der Waals surface area contributed by atoms with Gasteiger partial charge in [-0.25, -0.2) is 0 Å². The van der Waals surface area contributed by atoms with Crippen molar-refractivity contribution in [2.24, 2.45) is 0 Å². The van der Waals surface area contributed by atoms with Crippen molar-refractivity contribution in [1.82, 2.24) is 15.0 Å². The first kappa shape index (κ1) is 21.8. The van der Waals surface area contributed by atoms with E-state index in [1.54, 1.807) is 24.7 Å². The Bertz CT molecular complexity index is 1250. The van der Waals surface area contributed by atoms with Gasteiger partial charge in [-0.15, -0.1) is 10.2 Å². The normalized spacial score (nSPS) is 11.4. The average Bonchev–Trinajstić information content (AvgIpc) is 3.18. The number of amides is 1. The Morgan fingerprint density at radius 1 is 0.969 bits per heavy atom. The lowest BCUT2D eigenvalue weighted by molar-refractivity contribution is -0.128. The van der Waals surface area contributed by atoms with Crippen molar-refractivity contribution in [1.29, 1.82) is 0 Å². The van der Waals surface area contributed by atoms with Gasteiger partial charge < -0.3 is 15.0 Å². The molecule has 3 aromatic carbocycles. The summed E-state index contributed by atoms with van der Waals surface area (Å²) in [6, 6.07) is 20.8. The van der Waals surface area contributed by atoms with Crippen molar-refractivity contribution in [2.45, 2.75) is 19.4 Å². The number of carbonyl (C=O) groups excluding carboxylic acids is 1. The summed E-state index contributed by atoms with van der Waals surface area (Å²) in [6.45, 7) is 3.47. The van der Waals surface area contributed by atoms with Crippen LogP contribution in [0.2, 0.25) is 0 Å². The highest BCUT2D eigenvalue weighted by Gasteiger charge is 2.30. The van der Waals surface area contributed by atoms with Crippen molar-refractivity contribution in [3.8, 4) is 11.4 Å². The lowest BCUT2D eigenvalue weighted by Crippen LogP contribution is -2.42. The number of carbonyl (C=O) groups is 1. The number of rotatable bonds is 6. The van der Waals surface area contributed by atoms with Crippen LogP contribution < -0.4 is 15.0 Å². The van der Waals surface area contributed by atoms with Crippen LogP contribution in [0.15, 0.2) is 71.2 Å². The molecule has 1 amide bonds. The molecular weight excluding hydrogens is 470 g/mol. The Labute approximate surface area is 195 Å². The number of aromatic nitrogens is 3. The van der Waals surface area contributed by atoms with Gasteiger partial charge in [0.25, 0.3) is 5.91 Å². The van der Waals surface area contributed by atoms with Gasteiger partial charge in [0.2, 0.25) is 0 Å². The molecule has 0 fully saturated rings. The van der Waals surface area contributed by atoms with Crippen molar-refractivity contribution < 1.29 is 9.53 Å². The van der Waals surface area contributed by atoms with Gasteiger partial charge in [-0.3, -0.25) is 4.79 Å². The van der Waals surface area contributed by atoms with Gasteiger partial charge in [0.1, 0.15) is 16.8 Å². The number of nitrogens with zero attached hydrogens (tertiary/aromatic N) is 4. The molecule has 0 saturated heterocycles. The van der Waals surface area contributed by atoms with E-state index in [0.717, 1.165) is 21.4 Å². The number of hydrogen-bond acceptors (Lipinski definition) is 5. The molecule has 0 aliphatic carbocycles. The highest BCUT2D eigenvalue weighted by Crippen LogP contribution is 2.24. The largest absolute Gasteiger partial charge is 0.478 e. The number of ether oxygens (including phenoxy) is 1. The lowest BCUT2D eigenvalue weighted by atomic mass is 10.1. The number of anilines is 2. The predicted octanol–water partition coefficient (Wildman–Crippen LogP) is 5.05. The third kappa shape index (κ3) is 4.75. The van der Waals surface area contributed by atoms with Crippen LogP contribution in [0.4, 0.5) is 11.4 Å². The van der Waals surface area contributed by atoms with E-state index in [2.05, 4.69) is 31.4 Å². The van der Waals surface area contributed by atoms with Crippen molar-refractivity contribution in [3.05, 3.63) is 71.2 Å². The fourth-order valence-electron chi connectivity index (χ4n) is 3.12. The molecule has 0 aliphatic heterocycles. The summed E-state index contributed by atoms with van der Waals surface area (Å²) in [7, 11) is 3.99. The molecule has 0 unspecified atom stereocenters. The summed E-state index contributed by atoms with van der Waals surface area (Å²) in [5.41, 5.74) is 2.96. The standard InChI is InChI=1S/C24H24BrN5O2/c1-24(2,32-20-12-5-16(25)6-13-20)23(31)26-17-7-14-21-22(15-17)28-30(27-21)19-10-8-18(9-11-19)29(3)4/h5-15H,1-4H3,(H,26,31). The molecule has 164 valence electrons. The second-order valence-corrected chi connectivity index (χ2v) is 9.04. The second kappa shape index (κ2) is 8.63. The number of fused-ring (bicyclic) bond motifs is 1. The maximum absolute atomic E-state index is 12.9. The van der Waals surface area contributed by atoms with E-state index in [-0.39, 0.29) is 5.91 Å². The van der Waals surface area contributed by atoms with Crippen LogP contribution in [-0.4, -0.2) is 40.6 Å². The molecule has 1 aromatic heterocycles. The molecule has 1 N–H and O–H groups in total. The van der Waals surface area contributed by atoms with Crippen molar-refractivity contribution >= 4 is 44.2 Å². The van der Waals surface area contributed by atoms with Crippen LogP contribution in [0, 0.1) is 0 Å². The summed E-state index contributed by atoms with van der Waals surface area (Å²) in [5, 5.41) is 12.0. The van der Waals surface area contributed by atoms with Crippen molar-refractivity contribution in [2.75, 3.05) is 24.3 Å². The Hall–Kier alpha value is -3.39. The van der Waals surface area contributed by atoms with E-state index in [1.165, 1.54) is 0 Å². The number of hydrogen-bond donors (Lipinski definition) is 1. The molecule has 0 spiro atoms. The molecule has 0 saturated carbocycles. The van der Waals surface area contributed by atoms with E-state index < -0.39 is 5.60 Å². The minimum absolute atomic E-state index is 0.258. The van der Waals surface area contributed by atoms with Gasteiger partial charge in [-0.1, -0.05) is 15.9 Å². The SMILES string of the molecule is CN(C)c1ccc(-n2nc3ccc(NC(=O)C(C)(C)Oc4ccc(Br)cc4)cc3n2)cc1. The summed E-state index contributed by atoms with van der Waals surface area (Å²) in [4.78, 5) is 16.5. The molecule has 0 bridgehead atoms. The van der Waals surface area contributed by atoms with Crippen LogP contribution >= 0.6 is 15.9 Å². The van der Waals surface area contributed by atoms with Gasteiger partial charge in [-0.2, -0.15) is 4.80 Å². The number of benzene rings is 3. The monoisotopic (exact) mass is 493 g/mol. The molecule has 0 radical (unpaired) electrons. The third-order valence-corrected chi connectivity index (χ3v) is 5.50. The summed E-state index contributed by atoms with van der Waals surface area (Å²) in [5.74, 6) is 0.360. The van der Waals surface area contributed by atoms with E-state index in [9.17, 15) is 4.79 Å². The van der Waals surface area contributed by atoms with E-state index >= 15 is 0 Å². The maximum Gasteiger partial charge on any atom is 0.267 e. The molecule has 1 heterocycles. The van der Waals surface area contributed by atoms with Gasteiger partial charge in [-0.05, 0) is 80.6 Å². The lowest BCUT2D eigenvalue weighted by Gasteiger charge is -2.25. The zero-order valence-corrected chi connectivity index (χ0v) is 19.9. The molecule has 8 heteroatoms. The Balaban J connectivity index is 1.50. The van der Waals surface area contributed by atoms with Crippen LogP contribution in [0.25, 0.3) is 16.7 Å². The van der Waals surface area contributed by atoms with Gasteiger partial charge >= 0.3 is 0 Å². The van der Waals surface area contributed by atoms with Gasteiger partial charge in [0.15, 0.2) is 5.60 Å². The molecule has 32 heavy (non-hydrogen) atoms. The molecule has 0 aliphatic rings. The Morgan fingerprint density at radius 3 is 2.28 bits per heavy atom. The molecular formula is C24H24BrN5O2. The molecule has 7 nitrogen and oxygen atoms in total. The number of nitrogens with one attached hydrogen (secondary N) is 1. The summed E-state index contributed by atoms with van der Waals surface area (Å²) < 4.78 is 6.84. The Morgan fingerprint density at radius 2 is 1.62 bits per heavy atom. The van der Waals surface area contributed by atoms with Crippen LogP contribution in [0.1, 0.15) is 13.8 Å². The predicted molar refractivity (Wildman–Crippen MR) is 131 cm³/mol. The van der Waals surface area contributed by atoms with Crippen molar-refractivity contribution in [3.63, 3.8) is 0 Å². The highest BCUT2D eigenvalue weighted by molar-refractivity contribution is 9.10. The van der Waals surface area contributed by atoms with Crippen LogP contribution in [0.5, 0.6) is 5.75 Å². The molecule has 0 atom stereocenters. The highest BCUT2D eigenvalue weighted by atomic mass is 79.9. The first-order chi connectivity index (χ1) is 15.2. The topological polar surface area (TPSA) is 72.3 Å². The second-order valence-electron chi connectivity index (χ2n) is 8.12. The fraction of sp³-hybridized carbons (Fsp3) is 0.208. The van der Waals surface area contributed by atoms with Gasteiger partial charge in [0, 0.05) is 29.9 Å². The minimum Gasteiger partial charge on any atom is -0.478 e. The van der Waals surface area contributed by atoms with Crippen LogP contribution in [-0.2, 0) is 4.79 Å². The number of halogens is 1. The summed E-state index contributed by atoms with van der Waals surface area (Å²) in [6.07, 6.45) is 0. The van der Waals surface area contributed by atoms with Gasteiger partial charge in [0.05, 0.1) is 5.69 Å². The Kier molecular flexibility index (Phi) is 5.88. The fourth-order valence-corrected chi connectivity index (χ4v) is 3.38. The third-order valence-electron chi connectivity index (χ3n) is 4.97. The van der Waals surface area contributed by atoms with E-state index in [4.69, 9.17) is 4.74 Å². The first-order valence-electron chi connectivity index (χ1n) is 10.1. The smallest absolute Gasteiger partial charge is 0.267 e. The summed E-state index contributed by atoms with van der Waals surface area (Å²) >= 11 is 3.39. The zero-order valence-electron chi connectivity index (χ0n) is 18.3. The zero-order chi connectivity index (χ0) is 22.9. The quantitative estimate of drug-likeness (QED) is 0.407. The van der Waals surface area contributed by atoms with Crippen LogP contribution in [0.3, 0.4) is 0 Å². The minimum atomic E-state index is -1.06. The molecule has 4 aromatic rings.